The molecule has 0 aliphatic rings. The summed E-state index contributed by atoms with van der Waals surface area (Å²) in [6.07, 6.45) is -1.47. The van der Waals surface area contributed by atoms with Gasteiger partial charge in [0, 0.05) is 19.0 Å². The fourth-order valence-corrected chi connectivity index (χ4v) is 1.55. The molecule has 0 spiro atoms. The first-order chi connectivity index (χ1) is 10.3. The summed E-state index contributed by atoms with van der Waals surface area (Å²) in [6, 6.07) is 0. The van der Waals surface area contributed by atoms with Crippen molar-refractivity contribution in [3.05, 3.63) is 0 Å². The zero-order valence-corrected chi connectivity index (χ0v) is 14.7. The molecule has 0 saturated carbocycles. The first kappa shape index (κ1) is 21.0. The topological polar surface area (TPSA) is 114 Å². The van der Waals surface area contributed by atoms with Crippen LogP contribution in [0.1, 0.15) is 48.0 Å². The van der Waals surface area contributed by atoms with E-state index in [1.54, 1.807) is 41.5 Å². The highest BCUT2D eigenvalue weighted by Crippen LogP contribution is 2.09. The van der Waals surface area contributed by atoms with Gasteiger partial charge >= 0.3 is 18.2 Å². The highest BCUT2D eigenvalue weighted by molar-refractivity contribution is 5.70. The number of hydrogen-bond acceptors (Lipinski definition) is 5. The van der Waals surface area contributed by atoms with Crippen molar-refractivity contribution in [1.82, 2.24) is 10.6 Å². The minimum Gasteiger partial charge on any atom is -0.481 e. The third-order valence-electron chi connectivity index (χ3n) is 2.33. The van der Waals surface area contributed by atoms with Crippen LogP contribution in [0.15, 0.2) is 0 Å². The van der Waals surface area contributed by atoms with Gasteiger partial charge in [-0.15, -0.1) is 0 Å². The molecule has 0 radical (unpaired) electrons. The zero-order valence-electron chi connectivity index (χ0n) is 14.7. The summed E-state index contributed by atoms with van der Waals surface area (Å²) in [4.78, 5) is 34.0. The number of hydrogen-bond donors (Lipinski definition) is 3. The number of carbonyl (C=O) groups excluding carboxylic acids is 2. The Hall–Kier alpha value is -1.99. The van der Waals surface area contributed by atoms with Crippen molar-refractivity contribution >= 4 is 18.2 Å². The van der Waals surface area contributed by atoms with Crippen molar-refractivity contribution in [2.24, 2.45) is 5.92 Å². The summed E-state index contributed by atoms with van der Waals surface area (Å²) in [7, 11) is 0. The van der Waals surface area contributed by atoms with Crippen molar-refractivity contribution in [2.75, 3.05) is 13.1 Å². The van der Waals surface area contributed by atoms with E-state index >= 15 is 0 Å². The van der Waals surface area contributed by atoms with E-state index in [1.165, 1.54) is 0 Å². The van der Waals surface area contributed by atoms with E-state index in [0.29, 0.717) is 0 Å². The third kappa shape index (κ3) is 13.4. The van der Waals surface area contributed by atoms with Crippen molar-refractivity contribution < 1.29 is 29.0 Å². The Labute approximate surface area is 136 Å². The molecule has 0 bridgehead atoms. The number of carbonyl (C=O) groups is 3. The molecule has 0 rings (SSSR count). The van der Waals surface area contributed by atoms with Gasteiger partial charge in [-0.1, -0.05) is 0 Å². The molecule has 0 fully saturated rings. The van der Waals surface area contributed by atoms with Crippen LogP contribution in [0.3, 0.4) is 0 Å². The Bertz CT molecular complexity index is 391. The maximum atomic E-state index is 11.6. The predicted molar refractivity (Wildman–Crippen MR) is 84.2 cm³/mol. The molecule has 8 heteroatoms. The second-order valence-electron chi connectivity index (χ2n) is 7.23. The fourth-order valence-electron chi connectivity index (χ4n) is 1.55. The number of rotatable bonds is 6. The van der Waals surface area contributed by atoms with E-state index < -0.39 is 35.3 Å². The number of carboxylic acids is 1. The Morgan fingerprint density at radius 3 is 1.48 bits per heavy atom. The van der Waals surface area contributed by atoms with Crippen LogP contribution in [0, 0.1) is 5.92 Å². The van der Waals surface area contributed by atoms with Gasteiger partial charge in [-0.25, -0.2) is 9.59 Å². The van der Waals surface area contributed by atoms with Crippen molar-refractivity contribution in [3.8, 4) is 0 Å². The molecule has 0 aliphatic carbocycles. The molecule has 2 amide bonds. The van der Waals surface area contributed by atoms with Gasteiger partial charge in [-0.2, -0.15) is 0 Å². The summed E-state index contributed by atoms with van der Waals surface area (Å²) in [6.45, 7) is 10.5. The highest BCUT2D eigenvalue weighted by Gasteiger charge is 2.21. The van der Waals surface area contributed by atoms with E-state index in [2.05, 4.69) is 10.6 Å². The molecule has 0 unspecified atom stereocenters. The van der Waals surface area contributed by atoms with Gasteiger partial charge in [0.1, 0.15) is 11.2 Å². The fraction of sp³-hybridized carbons (Fsp3) is 0.800. The maximum Gasteiger partial charge on any atom is 0.407 e. The summed E-state index contributed by atoms with van der Waals surface area (Å²) in [5, 5.41) is 13.9. The van der Waals surface area contributed by atoms with E-state index in [-0.39, 0.29) is 19.5 Å². The SMILES string of the molecule is CC(C)(C)OC(=O)NCC(CNC(=O)OC(C)(C)C)CC(=O)O. The largest absolute Gasteiger partial charge is 0.481 e. The lowest BCUT2D eigenvalue weighted by atomic mass is 10.1. The molecule has 0 aromatic carbocycles. The number of aliphatic carboxylic acids is 1. The molecular weight excluding hydrogens is 304 g/mol. The first-order valence-electron chi connectivity index (χ1n) is 7.44. The van der Waals surface area contributed by atoms with E-state index in [9.17, 15) is 14.4 Å². The van der Waals surface area contributed by atoms with Gasteiger partial charge in [0.05, 0.1) is 6.42 Å². The van der Waals surface area contributed by atoms with Crippen LogP contribution in [0.2, 0.25) is 0 Å². The standard InChI is InChI=1S/C15H28N2O6/c1-14(2,3)22-12(20)16-8-10(7-11(18)19)9-17-13(21)23-15(4,5)6/h10H,7-9H2,1-6H3,(H,16,20)(H,17,21)(H,18,19). The van der Waals surface area contributed by atoms with Crippen LogP contribution in [0.4, 0.5) is 9.59 Å². The van der Waals surface area contributed by atoms with Crippen LogP contribution in [-0.4, -0.2) is 47.6 Å². The molecule has 0 aromatic rings. The average molecular weight is 332 g/mol. The summed E-state index contributed by atoms with van der Waals surface area (Å²) < 4.78 is 10.2. The lowest BCUT2D eigenvalue weighted by Crippen LogP contribution is -2.41. The van der Waals surface area contributed by atoms with Crippen molar-refractivity contribution in [3.63, 3.8) is 0 Å². The minimum absolute atomic E-state index is 0.0665. The van der Waals surface area contributed by atoms with Crippen LogP contribution >= 0.6 is 0 Å². The lowest BCUT2D eigenvalue weighted by molar-refractivity contribution is -0.138. The molecule has 23 heavy (non-hydrogen) atoms. The first-order valence-corrected chi connectivity index (χ1v) is 7.44. The number of nitrogens with one attached hydrogen (secondary N) is 2. The second kappa shape index (κ2) is 8.59. The molecule has 0 aromatic heterocycles. The Morgan fingerprint density at radius 1 is 0.870 bits per heavy atom. The Morgan fingerprint density at radius 2 is 1.22 bits per heavy atom. The number of ether oxygens (including phenoxy) is 2. The van der Waals surface area contributed by atoms with Crippen LogP contribution in [-0.2, 0) is 14.3 Å². The van der Waals surface area contributed by atoms with Crippen LogP contribution in [0.5, 0.6) is 0 Å². The van der Waals surface area contributed by atoms with E-state index in [0.717, 1.165) is 0 Å². The van der Waals surface area contributed by atoms with Gasteiger partial charge in [-0.3, -0.25) is 4.79 Å². The predicted octanol–water partition coefficient (Wildman–Crippen LogP) is 2.13. The number of amides is 2. The van der Waals surface area contributed by atoms with Gasteiger partial charge in [-0.05, 0) is 41.5 Å². The molecule has 3 N–H and O–H groups in total. The van der Waals surface area contributed by atoms with Gasteiger partial charge < -0.3 is 25.2 Å². The summed E-state index contributed by atoms with van der Waals surface area (Å²) >= 11 is 0. The maximum absolute atomic E-state index is 11.6. The summed E-state index contributed by atoms with van der Waals surface area (Å²) in [5.74, 6) is -1.50. The van der Waals surface area contributed by atoms with Crippen molar-refractivity contribution in [1.29, 1.82) is 0 Å². The third-order valence-corrected chi connectivity index (χ3v) is 2.33. The molecule has 8 nitrogen and oxygen atoms in total. The molecule has 0 aliphatic heterocycles. The lowest BCUT2D eigenvalue weighted by Gasteiger charge is -2.23. The van der Waals surface area contributed by atoms with Crippen LogP contribution < -0.4 is 10.6 Å². The molecule has 0 saturated heterocycles. The average Bonchev–Trinajstić information content (AvgIpc) is 2.27. The number of carboxylic acid groups (broad SMARTS) is 1. The molecule has 0 heterocycles. The minimum atomic E-state index is -1.02. The van der Waals surface area contributed by atoms with Crippen molar-refractivity contribution in [2.45, 2.75) is 59.2 Å². The van der Waals surface area contributed by atoms with Gasteiger partial charge in [0.15, 0.2) is 0 Å². The van der Waals surface area contributed by atoms with E-state index in [4.69, 9.17) is 14.6 Å². The zero-order chi connectivity index (χ0) is 18.3. The highest BCUT2D eigenvalue weighted by atomic mass is 16.6. The monoisotopic (exact) mass is 332 g/mol. The quantitative estimate of drug-likeness (QED) is 0.686. The van der Waals surface area contributed by atoms with Crippen LogP contribution in [0.25, 0.3) is 0 Å². The Balaban J connectivity index is 4.39. The molecular formula is C15H28N2O6. The summed E-state index contributed by atoms with van der Waals surface area (Å²) in [5.41, 5.74) is -1.28. The normalized spacial score (nSPS) is 11.8. The Kier molecular flexibility index (Phi) is 7.85. The number of alkyl carbamates (subject to hydrolysis) is 2. The van der Waals surface area contributed by atoms with Gasteiger partial charge in [0.2, 0.25) is 0 Å². The molecule has 0 atom stereocenters. The molecule has 134 valence electrons. The van der Waals surface area contributed by atoms with E-state index in [1.807, 2.05) is 0 Å². The van der Waals surface area contributed by atoms with Gasteiger partial charge in [0.25, 0.3) is 0 Å². The smallest absolute Gasteiger partial charge is 0.407 e. The second-order valence-corrected chi connectivity index (χ2v) is 7.23.